The third-order valence-corrected chi connectivity index (χ3v) is 5.27. The van der Waals surface area contributed by atoms with Crippen LogP contribution in [0.15, 0.2) is 46.1 Å². The number of ether oxygens (including phenoxy) is 4. The summed E-state index contributed by atoms with van der Waals surface area (Å²) in [6.07, 6.45) is 0.430. The molecule has 2 aliphatic heterocycles. The van der Waals surface area contributed by atoms with E-state index in [2.05, 4.69) is 4.98 Å². The van der Waals surface area contributed by atoms with Crippen molar-refractivity contribution in [1.82, 2.24) is 9.55 Å². The van der Waals surface area contributed by atoms with Gasteiger partial charge in [-0.2, -0.15) is 0 Å². The third-order valence-electron chi connectivity index (χ3n) is 5.27. The van der Waals surface area contributed by atoms with Crippen molar-refractivity contribution >= 4 is 0 Å². The molecule has 2 aliphatic rings. The Kier molecular flexibility index (Phi) is 5.44. The summed E-state index contributed by atoms with van der Waals surface area (Å²) < 4.78 is 25.5. The fourth-order valence-electron chi connectivity index (χ4n) is 3.78. The van der Waals surface area contributed by atoms with Gasteiger partial charge in [0.05, 0.1) is 19.3 Å². The highest BCUT2D eigenvalue weighted by molar-refractivity contribution is 5.13. The van der Waals surface area contributed by atoms with E-state index >= 15 is 0 Å². The zero-order valence-corrected chi connectivity index (χ0v) is 16.8. The predicted octanol–water partition coefficient (Wildman–Crippen LogP) is 1.87. The molecule has 2 fully saturated rings. The average Bonchev–Trinajstić information content (AvgIpc) is 3.26. The molecule has 4 rings (SSSR count). The lowest BCUT2D eigenvalue weighted by Crippen LogP contribution is -2.39. The summed E-state index contributed by atoms with van der Waals surface area (Å²) in [5.41, 5.74) is 0.597. The molecule has 29 heavy (non-hydrogen) atoms. The highest BCUT2D eigenvalue weighted by Gasteiger charge is 2.47. The first kappa shape index (κ1) is 20.0. The first-order valence-corrected chi connectivity index (χ1v) is 9.77. The zero-order chi connectivity index (χ0) is 20.6. The Hall–Kier alpha value is -2.26. The lowest BCUT2D eigenvalue weighted by molar-refractivity contribution is -0.168. The van der Waals surface area contributed by atoms with Gasteiger partial charge in [-0.3, -0.25) is 14.3 Å². The van der Waals surface area contributed by atoms with Crippen molar-refractivity contribution in [2.24, 2.45) is 0 Å². The molecule has 2 aromatic rings. The fraction of sp³-hybridized carbons (Fsp3) is 0.524. The van der Waals surface area contributed by atoms with Crippen LogP contribution < -0.4 is 11.2 Å². The fourth-order valence-corrected chi connectivity index (χ4v) is 3.78. The van der Waals surface area contributed by atoms with Gasteiger partial charge in [0.15, 0.2) is 5.79 Å². The van der Waals surface area contributed by atoms with Gasteiger partial charge < -0.3 is 18.9 Å². The van der Waals surface area contributed by atoms with E-state index in [1.165, 1.54) is 10.8 Å². The second-order valence-electron chi connectivity index (χ2n) is 7.97. The molecule has 0 aliphatic carbocycles. The number of aromatic amines is 1. The number of nitrogens with one attached hydrogen (secondary N) is 1. The first-order chi connectivity index (χ1) is 13.8. The third kappa shape index (κ3) is 4.35. The number of rotatable bonds is 5. The largest absolute Gasteiger partial charge is 0.371 e. The van der Waals surface area contributed by atoms with E-state index in [1.54, 1.807) is 6.92 Å². The molecular weight excluding hydrogens is 376 g/mol. The lowest BCUT2D eigenvalue weighted by Gasteiger charge is -2.25. The maximum atomic E-state index is 12.3. The van der Waals surface area contributed by atoms with E-state index < -0.39 is 29.4 Å². The summed E-state index contributed by atoms with van der Waals surface area (Å²) in [7, 11) is 0. The molecular formula is C21H26N2O6. The van der Waals surface area contributed by atoms with Crippen molar-refractivity contribution in [2.45, 2.75) is 64.1 Å². The van der Waals surface area contributed by atoms with Gasteiger partial charge >= 0.3 is 5.69 Å². The van der Waals surface area contributed by atoms with Gasteiger partial charge in [0.25, 0.3) is 5.56 Å². The summed E-state index contributed by atoms with van der Waals surface area (Å²) in [6, 6.07) is 9.87. The van der Waals surface area contributed by atoms with Crippen LogP contribution in [0.4, 0.5) is 0 Å². The average molecular weight is 402 g/mol. The van der Waals surface area contributed by atoms with Crippen molar-refractivity contribution in [3.63, 3.8) is 0 Å². The number of hydrogen-bond acceptors (Lipinski definition) is 6. The molecule has 1 N–H and O–H groups in total. The van der Waals surface area contributed by atoms with E-state index in [-0.39, 0.29) is 12.2 Å². The standard InChI is InChI=1S/C21H26N2O6/c1-13-10-23(20(25)22-19(13)24)17-9-15(26-11-14-7-5-4-6-8-14)18(28-17)16-12-27-21(2,3)29-16/h4-8,10,15-18H,9,11-12H2,1-3H3,(H,22,24,25)/t15-,16+,17-,18-/m1/s1. The van der Waals surface area contributed by atoms with Crippen LogP contribution in [0.3, 0.4) is 0 Å². The number of hydrogen-bond donors (Lipinski definition) is 1. The van der Waals surface area contributed by atoms with Gasteiger partial charge in [-0.15, -0.1) is 0 Å². The molecule has 8 heteroatoms. The Labute approximate surface area is 168 Å². The van der Waals surface area contributed by atoms with Gasteiger partial charge in [0, 0.05) is 18.2 Å². The van der Waals surface area contributed by atoms with E-state index in [9.17, 15) is 9.59 Å². The van der Waals surface area contributed by atoms with Crippen LogP contribution in [0.2, 0.25) is 0 Å². The minimum Gasteiger partial charge on any atom is -0.371 e. The monoisotopic (exact) mass is 402 g/mol. The number of benzene rings is 1. The van der Waals surface area contributed by atoms with Crippen molar-refractivity contribution in [2.75, 3.05) is 6.61 Å². The van der Waals surface area contributed by atoms with Crippen LogP contribution >= 0.6 is 0 Å². The van der Waals surface area contributed by atoms with Crippen molar-refractivity contribution in [3.05, 3.63) is 68.5 Å². The summed E-state index contributed by atoms with van der Waals surface area (Å²) in [5, 5.41) is 0. The number of aryl methyl sites for hydroxylation is 1. The quantitative estimate of drug-likeness (QED) is 0.821. The van der Waals surface area contributed by atoms with E-state index in [0.717, 1.165) is 5.56 Å². The highest BCUT2D eigenvalue weighted by atomic mass is 16.8. The molecule has 0 saturated carbocycles. The Bertz CT molecular complexity index is 967. The van der Waals surface area contributed by atoms with Gasteiger partial charge in [0.1, 0.15) is 18.4 Å². The molecule has 0 spiro atoms. The SMILES string of the molecule is Cc1cn([C@H]2C[C@@H](OCc3ccccc3)[C@H]([C@@H]3COC(C)(C)O3)O2)c(=O)[nH]c1=O. The summed E-state index contributed by atoms with van der Waals surface area (Å²) in [6.45, 7) is 6.18. The van der Waals surface area contributed by atoms with Crippen LogP contribution in [-0.2, 0) is 25.6 Å². The number of aromatic nitrogens is 2. The lowest BCUT2D eigenvalue weighted by atomic mass is 10.1. The van der Waals surface area contributed by atoms with Crippen LogP contribution in [-0.4, -0.2) is 40.3 Å². The Morgan fingerprint density at radius 1 is 1.24 bits per heavy atom. The summed E-state index contributed by atoms with van der Waals surface area (Å²) in [5.74, 6) is -0.693. The normalized spacial score (nSPS) is 28.7. The summed E-state index contributed by atoms with van der Waals surface area (Å²) >= 11 is 0. The zero-order valence-electron chi connectivity index (χ0n) is 16.8. The van der Waals surface area contributed by atoms with Gasteiger partial charge in [-0.1, -0.05) is 30.3 Å². The van der Waals surface area contributed by atoms with E-state index in [4.69, 9.17) is 18.9 Å². The maximum absolute atomic E-state index is 12.3. The molecule has 0 bridgehead atoms. The Morgan fingerprint density at radius 3 is 2.69 bits per heavy atom. The van der Waals surface area contributed by atoms with Gasteiger partial charge in [0.2, 0.25) is 0 Å². The topological polar surface area (TPSA) is 91.8 Å². The molecule has 1 aromatic heterocycles. The molecule has 2 saturated heterocycles. The molecule has 1 aromatic carbocycles. The molecule has 3 heterocycles. The molecule has 4 atom stereocenters. The molecule has 0 amide bonds. The molecule has 8 nitrogen and oxygen atoms in total. The second-order valence-corrected chi connectivity index (χ2v) is 7.97. The Morgan fingerprint density at radius 2 is 2.00 bits per heavy atom. The van der Waals surface area contributed by atoms with Crippen LogP contribution in [0.1, 0.15) is 37.6 Å². The van der Waals surface area contributed by atoms with E-state index in [0.29, 0.717) is 25.2 Å². The van der Waals surface area contributed by atoms with Crippen LogP contribution in [0, 0.1) is 6.92 Å². The van der Waals surface area contributed by atoms with Crippen LogP contribution in [0.25, 0.3) is 0 Å². The second kappa shape index (κ2) is 7.87. The highest BCUT2D eigenvalue weighted by Crippen LogP contribution is 2.37. The minimum atomic E-state index is -0.693. The van der Waals surface area contributed by atoms with Crippen molar-refractivity contribution in [1.29, 1.82) is 0 Å². The summed E-state index contributed by atoms with van der Waals surface area (Å²) in [4.78, 5) is 26.4. The van der Waals surface area contributed by atoms with E-state index in [1.807, 2.05) is 44.2 Å². The molecule has 0 unspecified atom stereocenters. The molecule has 156 valence electrons. The first-order valence-electron chi connectivity index (χ1n) is 9.77. The van der Waals surface area contributed by atoms with Gasteiger partial charge in [-0.05, 0) is 26.3 Å². The Balaban J connectivity index is 1.56. The van der Waals surface area contributed by atoms with Crippen molar-refractivity contribution < 1.29 is 18.9 Å². The maximum Gasteiger partial charge on any atom is 0.330 e. The predicted molar refractivity (Wildman–Crippen MR) is 105 cm³/mol. The van der Waals surface area contributed by atoms with Crippen molar-refractivity contribution in [3.8, 4) is 0 Å². The number of nitrogens with zero attached hydrogens (tertiary/aromatic N) is 1. The minimum absolute atomic E-state index is 0.290. The molecule has 0 radical (unpaired) electrons. The number of H-pyrrole nitrogens is 1. The van der Waals surface area contributed by atoms with Gasteiger partial charge in [-0.25, -0.2) is 4.79 Å². The smallest absolute Gasteiger partial charge is 0.330 e. The van der Waals surface area contributed by atoms with Crippen LogP contribution in [0.5, 0.6) is 0 Å².